The van der Waals surface area contributed by atoms with E-state index in [0.717, 1.165) is 0 Å². The number of hydrogen-bond acceptors (Lipinski definition) is 6. The number of rotatable bonds is 12. The third-order valence-electron chi connectivity index (χ3n) is 3.43. The van der Waals surface area contributed by atoms with Crippen molar-refractivity contribution in [1.82, 2.24) is 15.5 Å². The average molecular weight is 363 g/mol. The highest BCUT2D eigenvalue weighted by molar-refractivity contribution is 7.80. The first-order valence-corrected chi connectivity index (χ1v) is 8.26. The van der Waals surface area contributed by atoms with Gasteiger partial charge < -0.3 is 20.8 Å². The molecule has 2 atom stereocenters. The fourth-order valence-corrected chi connectivity index (χ4v) is 2.40. The number of nitrogens with zero attached hydrogens (tertiary/aromatic N) is 1. The van der Waals surface area contributed by atoms with Crippen molar-refractivity contribution in [3.63, 3.8) is 0 Å². The molecule has 0 aromatic rings. The van der Waals surface area contributed by atoms with Crippen molar-refractivity contribution in [2.75, 3.05) is 25.4 Å². The van der Waals surface area contributed by atoms with Gasteiger partial charge >= 0.3 is 11.9 Å². The van der Waals surface area contributed by atoms with Gasteiger partial charge in [-0.3, -0.25) is 24.1 Å². The highest BCUT2D eigenvalue weighted by atomic mass is 32.1. The van der Waals surface area contributed by atoms with Crippen molar-refractivity contribution in [2.24, 2.45) is 0 Å². The summed E-state index contributed by atoms with van der Waals surface area (Å²) in [7, 11) is 0. The van der Waals surface area contributed by atoms with Crippen molar-refractivity contribution in [3.8, 4) is 0 Å². The Balaban J connectivity index is 4.55. The molecule has 138 valence electrons. The van der Waals surface area contributed by atoms with E-state index >= 15 is 0 Å². The van der Waals surface area contributed by atoms with Crippen molar-refractivity contribution in [1.29, 1.82) is 0 Å². The molecule has 0 aliphatic heterocycles. The van der Waals surface area contributed by atoms with E-state index in [-0.39, 0.29) is 18.6 Å². The van der Waals surface area contributed by atoms with E-state index in [9.17, 15) is 24.3 Å². The van der Waals surface area contributed by atoms with Crippen LogP contribution < -0.4 is 10.6 Å². The lowest BCUT2D eigenvalue weighted by Crippen LogP contribution is -2.49. The quantitative estimate of drug-likeness (QED) is 0.286. The third kappa shape index (κ3) is 8.16. The maximum atomic E-state index is 11.9. The molecular formula is C14H25N3O6S. The van der Waals surface area contributed by atoms with Crippen molar-refractivity contribution < 1.29 is 29.4 Å². The second-order valence-electron chi connectivity index (χ2n) is 5.03. The smallest absolute Gasteiger partial charge is 0.322 e. The molecule has 0 bridgehead atoms. The van der Waals surface area contributed by atoms with E-state index in [1.165, 1.54) is 0 Å². The molecule has 0 rings (SSSR count). The molecule has 0 aliphatic rings. The molecule has 0 aromatic heterocycles. The van der Waals surface area contributed by atoms with Crippen LogP contribution in [0.4, 0.5) is 0 Å². The lowest BCUT2D eigenvalue weighted by molar-refractivity contribution is -0.143. The molecule has 24 heavy (non-hydrogen) atoms. The number of carboxylic acids is 2. The Hall–Kier alpha value is -1.81. The molecule has 9 nitrogen and oxygen atoms in total. The zero-order chi connectivity index (χ0) is 18.7. The summed E-state index contributed by atoms with van der Waals surface area (Å²) in [5.74, 6) is -3.35. The fourth-order valence-electron chi connectivity index (χ4n) is 2.14. The molecule has 0 aromatic carbocycles. The number of aliphatic carboxylic acids is 2. The van der Waals surface area contributed by atoms with E-state index in [4.69, 9.17) is 5.11 Å². The van der Waals surface area contributed by atoms with Gasteiger partial charge in [0.2, 0.25) is 11.8 Å². The van der Waals surface area contributed by atoms with Crippen LogP contribution in [0.2, 0.25) is 0 Å². The number of nitrogens with one attached hydrogen (secondary N) is 2. The Kier molecular flexibility index (Phi) is 10.8. The zero-order valence-electron chi connectivity index (χ0n) is 13.8. The van der Waals surface area contributed by atoms with Crippen LogP contribution in [-0.2, 0) is 19.2 Å². The van der Waals surface area contributed by atoms with E-state index in [1.807, 2.05) is 13.8 Å². The normalized spacial score (nSPS) is 13.2. The van der Waals surface area contributed by atoms with E-state index in [2.05, 4.69) is 23.3 Å². The summed E-state index contributed by atoms with van der Waals surface area (Å²) in [5, 5.41) is 22.3. The minimum absolute atomic E-state index is 0.00437. The zero-order valence-corrected chi connectivity index (χ0v) is 14.7. The molecule has 2 amide bonds. The van der Waals surface area contributed by atoms with Crippen molar-refractivity contribution >= 4 is 36.4 Å². The van der Waals surface area contributed by atoms with Crippen LogP contribution in [0.25, 0.3) is 0 Å². The highest BCUT2D eigenvalue weighted by Crippen LogP contribution is 2.08. The Morgan fingerprint density at radius 2 is 1.71 bits per heavy atom. The number of carbonyl (C=O) groups is 4. The first-order valence-electron chi connectivity index (χ1n) is 7.63. The Morgan fingerprint density at radius 3 is 2.12 bits per heavy atom. The van der Waals surface area contributed by atoms with Gasteiger partial charge in [-0.2, -0.15) is 12.6 Å². The average Bonchev–Trinajstić information content (AvgIpc) is 2.53. The second-order valence-corrected chi connectivity index (χ2v) is 5.39. The SMILES string of the molecule is CCN(CC)[C@@H](CCC(=O)N[C@@H](CS)C(=O)NCC(=O)O)C(=O)O. The topological polar surface area (TPSA) is 136 Å². The summed E-state index contributed by atoms with van der Waals surface area (Å²) >= 11 is 3.95. The number of hydrogen-bond donors (Lipinski definition) is 5. The van der Waals surface area contributed by atoms with Crippen LogP contribution in [0.5, 0.6) is 0 Å². The lowest BCUT2D eigenvalue weighted by Gasteiger charge is -2.26. The predicted octanol–water partition coefficient (Wildman–Crippen LogP) is -0.823. The Morgan fingerprint density at radius 1 is 1.12 bits per heavy atom. The summed E-state index contributed by atoms with van der Waals surface area (Å²) in [5.41, 5.74) is 0. The molecule has 0 saturated heterocycles. The number of amides is 2. The van der Waals surface area contributed by atoms with Gasteiger partial charge in [0.1, 0.15) is 18.6 Å². The predicted molar refractivity (Wildman–Crippen MR) is 90.0 cm³/mol. The van der Waals surface area contributed by atoms with Gasteiger partial charge in [-0.15, -0.1) is 0 Å². The Bertz CT molecular complexity index is 456. The summed E-state index contributed by atoms with van der Waals surface area (Å²) in [4.78, 5) is 47.1. The third-order valence-corrected chi connectivity index (χ3v) is 3.80. The van der Waals surface area contributed by atoms with Crippen LogP contribution in [-0.4, -0.2) is 76.3 Å². The highest BCUT2D eigenvalue weighted by Gasteiger charge is 2.25. The van der Waals surface area contributed by atoms with Gasteiger partial charge in [0, 0.05) is 12.2 Å². The van der Waals surface area contributed by atoms with Gasteiger partial charge in [-0.05, 0) is 19.5 Å². The van der Waals surface area contributed by atoms with E-state index in [1.54, 1.807) is 4.90 Å². The molecule has 0 heterocycles. The van der Waals surface area contributed by atoms with Crippen LogP contribution >= 0.6 is 12.6 Å². The maximum Gasteiger partial charge on any atom is 0.322 e. The molecule has 0 unspecified atom stereocenters. The molecular weight excluding hydrogens is 338 g/mol. The van der Waals surface area contributed by atoms with Gasteiger partial charge in [-0.1, -0.05) is 13.8 Å². The molecule has 0 saturated carbocycles. The van der Waals surface area contributed by atoms with E-state index in [0.29, 0.717) is 13.1 Å². The summed E-state index contributed by atoms with van der Waals surface area (Å²) < 4.78 is 0. The summed E-state index contributed by atoms with van der Waals surface area (Å²) in [6.07, 6.45) is 0.0445. The van der Waals surface area contributed by atoms with Crippen LogP contribution in [0.15, 0.2) is 0 Å². The van der Waals surface area contributed by atoms with Crippen molar-refractivity contribution in [3.05, 3.63) is 0 Å². The second kappa shape index (κ2) is 11.7. The van der Waals surface area contributed by atoms with Gasteiger partial charge in [-0.25, -0.2) is 0 Å². The van der Waals surface area contributed by atoms with E-state index < -0.39 is 42.4 Å². The van der Waals surface area contributed by atoms with Crippen LogP contribution in [0, 0.1) is 0 Å². The molecule has 0 fully saturated rings. The largest absolute Gasteiger partial charge is 0.480 e. The molecule has 0 spiro atoms. The molecule has 0 aliphatic carbocycles. The summed E-state index contributed by atoms with van der Waals surface area (Å²) in [6, 6.07) is -1.75. The number of carboxylic acid groups (broad SMARTS) is 2. The molecule has 4 N–H and O–H groups in total. The van der Waals surface area contributed by atoms with Gasteiger partial charge in [0.05, 0.1) is 0 Å². The van der Waals surface area contributed by atoms with Gasteiger partial charge in [0.25, 0.3) is 0 Å². The minimum Gasteiger partial charge on any atom is -0.480 e. The maximum absolute atomic E-state index is 11.9. The number of thiol groups is 1. The van der Waals surface area contributed by atoms with Crippen molar-refractivity contribution in [2.45, 2.75) is 38.8 Å². The molecule has 0 radical (unpaired) electrons. The standard InChI is InChI=1S/C14H25N3O6S/c1-3-17(4-2)10(14(22)23)5-6-11(18)16-9(8-24)13(21)15-7-12(19)20/h9-10,24H,3-8H2,1-2H3,(H,15,21)(H,16,18)(H,19,20)(H,22,23)/t9-,10-/m0/s1. The minimum atomic E-state index is -1.20. The van der Waals surface area contributed by atoms with Gasteiger partial charge in [0.15, 0.2) is 0 Å². The number of likely N-dealkylation sites (N-methyl/N-ethyl adjacent to an activating group) is 1. The van der Waals surface area contributed by atoms with Crippen LogP contribution in [0.1, 0.15) is 26.7 Å². The van der Waals surface area contributed by atoms with Crippen LogP contribution in [0.3, 0.4) is 0 Å². The first kappa shape index (κ1) is 22.2. The first-order chi connectivity index (χ1) is 11.3. The molecule has 10 heteroatoms. The Labute approximate surface area is 146 Å². The lowest BCUT2D eigenvalue weighted by atomic mass is 10.1. The fraction of sp³-hybridized carbons (Fsp3) is 0.714. The summed E-state index contributed by atoms with van der Waals surface area (Å²) in [6.45, 7) is 4.21. The number of carbonyl (C=O) groups excluding carboxylic acids is 2. The monoisotopic (exact) mass is 363 g/mol.